The second-order valence-electron chi connectivity index (χ2n) is 29.1. The summed E-state index contributed by atoms with van der Waals surface area (Å²) in [6.45, 7) is 14.2. The Bertz CT molecular complexity index is 1870. The van der Waals surface area contributed by atoms with Gasteiger partial charge in [0.05, 0.1) is 26.4 Å². The first-order valence-electron chi connectivity index (χ1n) is 39.2. The van der Waals surface area contributed by atoms with Crippen LogP contribution in [0.25, 0.3) is 0 Å². The molecule has 0 aliphatic carbocycles. The first-order chi connectivity index (χ1) is 45.6. The molecule has 0 amide bonds. The van der Waals surface area contributed by atoms with Crippen LogP contribution in [0.4, 0.5) is 0 Å². The molecule has 0 heterocycles. The van der Waals surface area contributed by atoms with Gasteiger partial charge in [-0.25, -0.2) is 9.13 Å². The molecule has 564 valence electrons. The number of ether oxygens (including phenoxy) is 4. The van der Waals surface area contributed by atoms with Gasteiger partial charge in [0.1, 0.15) is 19.3 Å². The first kappa shape index (κ1) is 93.1. The minimum atomic E-state index is -4.96. The van der Waals surface area contributed by atoms with Crippen LogP contribution in [-0.4, -0.2) is 96.7 Å². The number of rotatable bonds is 73. The number of esters is 4. The van der Waals surface area contributed by atoms with Crippen molar-refractivity contribution in [3.05, 3.63) is 0 Å². The lowest BCUT2D eigenvalue weighted by Gasteiger charge is -2.21. The maximum atomic E-state index is 13.1. The molecule has 0 radical (unpaired) electrons. The van der Waals surface area contributed by atoms with Crippen molar-refractivity contribution in [3.63, 3.8) is 0 Å². The molecule has 0 saturated heterocycles. The second kappa shape index (κ2) is 65.4. The number of carbonyl (C=O) groups excluding carboxylic acids is 4. The summed E-state index contributed by atoms with van der Waals surface area (Å²) >= 11 is 0. The molecule has 95 heavy (non-hydrogen) atoms. The zero-order chi connectivity index (χ0) is 70.3. The topological polar surface area (TPSA) is 237 Å². The van der Waals surface area contributed by atoms with Gasteiger partial charge >= 0.3 is 39.5 Å². The van der Waals surface area contributed by atoms with Crippen LogP contribution in [0.2, 0.25) is 0 Å². The maximum absolute atomic E-state index is 13.1. The van der Waals surface area contributed by atoms with Gasteiger partial charge in [0.25, 0.3) is 0 Å². The zero-order valence-electron chi connectivity index (χ0n) is 62.3. The standard InChI is InChI=1S/C76H148O17P2/c1-9-69(8)55-47-39-31-26-27-33-41-49-57-74(79)87-63-72(93-76(81)59-51-43-35-25-19-22-30-38-46-54-68(6)7)65-91-95(84,85)89-61-70(77)60-88-94(82,83)90-64-71(62-86-73(78)56-48-40-32-24-18-21-29-37-45-53-67(4)5)92-75(80)58-50-42-34-23-17-15-13-11-10-12-14-16-20-28-36-44-52-66(2)3/h66-72,77H,9-65H2,1-8H3,(H,82,83)(H,84,85)/t69?,70-,71-,72-/m1/s1. The van der Waals surface area contributed by atoms with E-state index >= 15 is 0 Å². The summed E-state index contributed by atoms with van der Waals surface area (Å²) in [5.41, 5.74) is 0. The molecular formula is C76H148O17P2. The Morgan fingerprint density at radius 1 is 0.295 bits per heavy atom. The molecule has 0 fully saturated rings. The van der Waals surface area contributed by atoms with Crippen LogP contribution in [-0.2, 0) is 65.4 Å². The molecule has 3 N–H and O–H groups in total. The van der Waals surface area contributed by atoms with E-state index in [2.05, 4.69) is 55.4 Å². The molecule has 0 saturated carbocycles. The van der Waals surface area contributed by atoms with Crippen molar-refractivity contribution in [2.24, 2.45) is 23.7 Å². The van der Waals surface area contributed by atoms with E-state index in [4.69, 9.17) is 37.0 Å². The fourth-order valence-electron chi connectivity index (χ4n) is 11.5. The number of aliphatic hydroxyl groups excluding tert-OH is 1. The average molecular weight is 1400 g/mol. The SMILES string of the molecule is CCC(C)CCCCCCCCCCC(=O)OC[C@H](COP(=O)(O)OC[C@H](O)COP(=O)(O)OC[C@@H](COC(=O)CCCCCCCCCCCC(C)C)OC(=O)CCCCCCCCCCCCCCCCCCC(C)C)OC(=O)CCCCCCCCCCCC(C)C. The van der Waals surface area contributed by atoms with Crippen LogP contribution in [0.1, 0.15) is 383 Å². The van der Waals surface area contributed by atoms with E-state index < -0.39 is 97.5 Å². The summed E-state index contributed by atoms with van der Waals surface area (Å²) in [6.07, 6.45) is 49.9. The molecule has 0 aromatic heterocycles. The van der Waals surface area contributed by atoms with Gasteiger partial charge in [0.15, 0.2) is 12.2 Å². The van der Waals surface area contributed by atoms with Gasteiger partial charge < -0.3 is 33.8 Å². The van der Waals surface area contributed by atoms with E-state index in [1.165, 1.54) is 186 Å². The lowest BCUT2D eigenvalue weighted by atomic mass is 9.99. The molecule has 6 atom stereocenters. The van der Waals surface area contributed by atoms with Gasteiger partial charge in [-0.1, -0.05) is 331 Å². The molecular weight excluding hydrogens is 1250 g/mol. The van der Waals surface area contributed by atoms with Crippen LogP contribution in [0, 0.1) is 23.7 Å². The van der Waals surface area contributed by atoms with Crippen molar-refractivity contribution >= 4 is 39.5 Å². The van der Waals surface area contributed by atoms with Crippen LogP contribution >= 0.6 is 15.6 Å². The molecule has 3 unspecified atom stereocenters. The Labute approximate surface area is 581 Å². The van der Waals surface area contributed by atoms with Crippen molar-refractivity contribution in [1.82, 2.24) is 0 Å². The third-order valence-electron chi connectivity index (χ3n) is 17.9. The van der Waals surface area contributed by atoms with Crippen LogP contribution in [0.3, 0.4) is 0 Å². The number of phosphoric acid groups is 2. The van der Waals surface area contributed by atoms with Crippen LogP contribution in [0.15, 0.2) is 0 Å². The highest BCUT2D eigenvalue weighted by Crippen LogP contribution is 2.45. The fraction of sp³-hybridized carbons (Fsp3) is 0.947. The quantitative estimate of drug-likeness (QED) is 0.0222. The molecule has 0 aromatic carbocycles. The van der Waals surface area contributed by atoms with Crippen molar-refractivity contribution < 1.29 is 80.2 Å². The van der Waals surface area contributed by atoms with E-state index in [1.54, 1.807) is 0 Å². The summed E-state index contributed by atoms with van der Waals surface area (Å²) in [7, 11) is -9.91. The minimum absolute atomic E-state index is 0.104. The van der Waals surface area contributed by atoms with Gasteiger partial charge in [0.2, 0.25) is 0 Å². The van der Waals surface area contributed by atoms with E-state index in [1.807, 2.05) is 0 Å². The van der Waals surface area contributed by atoms with Gasteiger partial charge in [-0.05, 0) is 49.4 Å². The number of hydrogen-bond donors (Lipinski definition) is 3. The number of unbranched alkanes of at least 4 members (excludes halogenated alkanes) is 38. The largest absolute Gasteiger partial charge is 0.472 e. The highest BCUT2D eigenvalue weighted by Gasteiger charge is 2.30. The summed E-state index contributed by atoms with van der Waals surface area (Å²) in [6, 6.07) is 0. The van der Waals surface area contributed by atoms with Crippen molar-refractivity contribution in [2.45, 2.75) is 401 Å². The fourth-order valence-corrected chi connectivity index (χ4v) is 13.1. The normalized spacial score (nSPS) is 14.4. The van der Waals surface area contributed by atoms with E-state index in [0.717, 1.165) is 114 Å². The van der Waals surface area contributed by atoms with Crippen LogP contribution in [0.5, 0.6) is 0 Å². The number of carbonyl (C=O) groups is 4. The monoisotopic (exact) mass is 1400 g/mol. The van der Waals surface area contributed by atoms with Crippen molar-refractivity contribution in [1.29, 1.82) is 0 Å². The van der Waals surface area contributed by atoms with E-state index in [-0.39, 0.29) is 25.7 Å². The lowest BCUT2D eigenvalue weighted by molar-refractivity contribution is -0.161. The third-order valence-corrected chi connectivity index (χ3v) is 19.8. The van der Waals surface area contributed by atoms with Gasteiger partial charge in [-0.3, -0.25) is 37.3 Å². The molecule has 0 rings (SSSR count). The number of aliphatic hydroxyl groups is 1. The van der Waals surface area contributed by atoms with E-state index in [9.17, 15) is 43.2 Å². The lowest BCUT2D eigenvalue weighted by Crippen LogP contribution is -2.30. The van der Waals surface area contributed by atoms with Crippen molar-refractivity contribution in [2.75, 3.05) is 39.6 Å². The van der Waals surface area contributed by atoms with Crippen LogP contribution < -0.4 is 0 Å². The average Bonchev–Trinajstić information content (AvgIpc) is 3.73. The van der Waals surface area contributed by atoms with Crippen molar-refractivity contribution in [3.8, 4) is 0 Å². The summed E-state index contributed by atoms with van der Waals surface area (Å²) < 4.78 is 68.5. The molecule has 0 aliphatic rings. The molecule has 0 aromatic rings. The zero-order valence-corrected chi connectivity index (χ0v) is 64.1. The third kappa shape index (κ3) is 69.0. The highest BCUT2D eigenvalue weighted by molar-refractivity contribution is 7.47. The van der Waals surface area contributed by atoms with E-state index in [0.29, 0.717) is 25.7 Å². The maximum Gasteiger partial charge on any atom is 0.472 e. The molecule has 0 bridgehead atoms. The minimum Gasteiger partial charge on any atom is -0.462 e. The summed E-state index contributed by atoms with van der Waals surface area (Å²) in [4.78, 5) is 72.8. The summed E-state index contributed by atoms with van der Waals surface area (Å²) in [5, 5.41) is 10.6. The number of phosphoric ester groups is 2. The molecule has 0 aliphatic heterocycles. The predicted molar refractivity (Wildman–Crippen MR) is 386 cm³/mol. The highest BCUT2D eigenvalue weighted by atomic mass is 31.2. The molecule has 17 nitrogen and oxygen atoms in total. The van der Waals surface area contributed by atoms with Gasteiger partial charge in [-0.2, -0.15) is 0 Å². The molecule has 19 heteroatoms. The first-order valence-corrected chi connectivity index (χ1v) is 42.2. The smallest absolute Gasteiger partial charge is 0.462 e. The Hall–Kier alpha value is -1.94. The number of hydrogen-bond acceptors (Lipinski definition) is 15. The molecule has 0 spiro atoms. The Morgan fingerprint density at radius 3 is 0.747 bits per heavy atom. The summed E-state index contributed by atoms with van der Waals surface area (Å²) in [5.74, 6) is 0.945. The van der Waals surface area contributed by atoms with Gasteiger partial charge in [-0.15, -0.1) is 0 Å². The predicted octanol–water partition coefficient (Wildman–Crippen LogP) is 22.0. The Balaban J connectivity index is 5.24. The van der Waals surface area contributed by atoms with Gasteiger partial charge in [0, 0.05) is 25.7 Å². The Kier molecular flexibility index (Phi) is 64.0. The Morgan fingerprint density at radius 2 is 0.505 bits per heavy atom. The second-order valence-corrected chi connectivity index (χ2v) is 32.0.